The predicted octanol–water partition coefficient (Wildman–Crippen LogP) is 0.182. The van der Waals surface area contributed by atoms with Crippen molar-refractivity contribution in [3.8, 4) is 5.75 Å². The van der Waals surface area contributed by atoms with E-state index in [1.165, 1.54) is 4.68 Å². The smallest absolute Gasteiger partial charge is 0.276 e. The van der Waals surface area contributed by atoms with Crippen LogP contribution in [0.1, 0.15) is 0 Å². The Morgan fingerprint density at radius 2 is 1.96 bits per heavy atom. The zero-order chi connectivity index (χ0) is 16.7. The Bertz CT molecular complexity index is 678. The zero-order valence-electron chi connectivity index (χ0n) is 12.0. The molecule has 122 valence electrons. The maximum atomic E-state index is 11.6. The number of nitrogens with zero attached hydrogens (tertiary/aromatic N) is 4. The Labute approximate surface area is 140 Å². The van der Waals surface area contributed by atoms with Crippen LogP contribution in [0, 0.1) is 0 Å². The molecule has 0 aliphatic carbocycles. The van der Waals surface area contributed by atoms with Crippen LogP contribution in [-0.2, 0) is 16.6 Å². The van der Waals surface area contributed by atoms with Crippen molar-refractivity contribution >= 4 is 35.2 Å². The number of benzene rings is 1. The minimum atomic E-state index is -0.487. The summed E-state index contributed by atoms with van der Waals surface area (Å²) in [5, 5.41) is 11.9. The summed E-state index contributed by atoms with van der Waals surface area (Å²) in [7, 11) is 1.66. The van der Waals surface area contributed by atoms with E-state index in [0.717, 1.165) is 11.8 Å². The molecule has 0 radical (unpaired) electrons. The molecule has 23 heavy (non-hydrogen) atoms. The number of hydrazine groups is 1. The number of ether oxygens (including phenoxy) is 1. The number of hydrogen-bond acceptors (Lipinski definition) is 7. The first-order valence-corrected chi connectivity index (χ1v) is 7.72. The molecule has 1 heterocycles. The van der Waals surface area contributed by atoms with E-state index in [4.69, 9.17) is 16.3 Å². The lowest BCUT2D eigenvalue weighted by Gasteiger charge is -2.08. The average Bonchev–Trinajstić information content (AvgIpc) is 2.95. The van der Waals surface area contributed by atoms with E-state index in [9.17, 15) is 9.59 Å². The van der Waals surface area contributed by atoms with Gasteiger partial charge in [0.05, 0.1) is 5.75 Å². The van der Waals surface area contributed by atoms with Gasteiger partial charge in [-0.3, -0.25) is 20.4 Å². The highest BCUT2D eigenvalue weighted by Gasteiger charge is 2.09. The molecular weight excluding hydrogens is 344 g/mol. The quantitative estimate of drug-likeness (QED) is 0.561. The minimum Gasteiger partial charge on any atom is -0.484 e. The van der Waals surface area contributed by atoms with Crippen molar-refractivity contribution in [3.05, 3.63) is 29.3 Å². The van der Waals surface area contributed by atoms with Crippen LogP contribution in [-0.4, -0.2) is 44.4 Å². The molecule has 1 aromatic carbocycles. The molecule has 2 N–H and O–H groups in total. The Morgan fingerprint density at radius 1 is 1.26 bits per heavy atom. The third-order valence-electron chi connectivity index (χ3n) is 2.44. The molecule has 0 fully saturated rings. The van der Waals surface area contributed by atoms with Gasteiger partial charge in [0, 0.05) is 12.1 Å². The third kappa shape index (κ3) is 5.75. The Kier molecular flexibility index (Phi) is 6.18. The van der Waals surface area contributed by atoms with Crippen molar-refractivity contribution in [2.45, 2.75) is 5.16 Å². The maximum Gasteiger partial charge on any atom is 0.276 e. The molecule has 0 atom stereocenters. The van der Waals surface area contributed by atoms with Gasteiger partial charge in [-0.2, -0.15) is 0 Å². The molecule has 0 saturated carbocycles. The molecule has 0 aliphatic rings. The molecule has 9 nitrogen and oxygen atoms in total. The molecular formula is C12H13ClN6O3S. The van der Waals surface area contributed by atoms with Gasteiger partial charge < -0.3 is 4.74 Å². The van der Waals surface area contributed by atoms with E-state index in [1.807, 2.05) is 0 Å². The monoisotopic (exact) mass is 356 g/mol. The number of carbonyl (C=O) groups is 2. The summed E-state index contributed by atoms with van der Waals surface area (Å²) in [6.07, 6.45) is 0. The average molecular weight is 357 g/mol. The van der Waals surface area contributed by atoms with Crippen molar-refractivity contribution in [1.82, 2.24) is 31.1 Å². The SMILES string of the molecule is Cn1nnnc1SCC(=O)NNC(=O)COc1ccc(Cl)cc1. The molecule has 0 bridgehead atoms. The topological polar surface area (TPSA) is 111 Å². The summed E-state index contributed by atoms with van der Waals surface area (Å²) >= 11 is 6.88. The Morgan fingerprint density at radius 3 is 2.61 bits per heavy atom. The fourth-order valence-corrected chi connectivity index (χ4v) is 2.14. The number of aryl methyl sites for hydroxylation is 1. The maximum absolute atomic E-state index is 11.6. The first-order chi connectivity index (χ1) is 11.0. The van der Waals surface area contributed by atoms with Gasteiger partial charge in [-0.25, -0.2) is 4.68 Å². The van der Waals surface area contributed by atoms with Crippen molar-refractivity contribution in [3.63, 3.8) is 0 Å². The van der Waals surface area contributed by atoms with Crippen LogP contribution >= 0.6 is 23.4 Å². The second kappa shape index (κ2) is 8.34. The lowest BCUT2D eigenvalue weighted by Crippen LogP contribution is -2.44. The molecule has 2 amide bonds. The molecule has 0 aliphatic heterocycles. The van der Waals surface area contributed by atoms with Crippen LogP contribution in [0.25, 0.3) is 0 Å². The molecule has 11 heteroatoms. The number of carbonyl (C=O) groups excluding carboxylic acids is 2. The van der Waals surface area contributed by atoms with Gasteiger partial charge in [0.15, 0.2) is 6.61 Å². The van der Waals surface area contributed by atoms with Crippen LogP contribution in [0.3, 0.4) is 0 Å². The van der Waals surface area contributed by atoms with Gasteiger partial charge in [-0.15, -0.1) is 5.10 Å². The molecule has 2 rings (SSSR count). The number of halogens is 1. The van der Waals surface area contributed by atoms with Crippen LogP contribution < -0.4 is 15.6 Å². The fraction of sp³-hybridized carbons (Fsp3) is 0.250. The van der Waals surface area contributed by atoms with Crippen LogP contribution in [0.5, 0.6) is 5.75 Å². The summed E-state index contributed by atoms with van der Waals surface area (Å²) < 4.78 is 6.67. The minimum absolute atomic E-state index is 0.0620. The molecule has 0 saturated heterocycles. The number of thioether (sulfide) groups is 1. The van der Waals surface area contributed by atoms with E-state index in [2.05, 4.69) is 26.4 Å². The standard InChI is InChI=1S/C12H13ClN6O3S/c1-19-12(16-17-18-19)23-7-11(21)15-14-10(20)6-22-9-4-2-8(13)3-5-9/h2-5H,6-7H2,1H3,(H,14,20)(H,15,21). The normalized spacial score (nSPS) is 10.2. The summed E-state index contributed by atoms with van der Waals surface area (Å²) in [5.74, 6) is -0.315. The highest BCUT2D eigenvalue weighted by molar-refractivity contribution is 7.99. The van der Waals surface area contributed by atoms with Crippen molar-refractivity contribution in [1.29, 1.82) is 0 Å². The van der Waals surface area contributed by atoms with E-state index >= 15 is 0 Å². The number of tetrazole rings is 1. The number of amides is 2. The number of rotatable bonds is 6. The second-order valence-electron chi connectivity index (χ2n) is 4.21. The van der Waals surface area contributed by atoms with Crippen molar-refractivity contribution in [2.24, 2.45) is 7.05 Å². The summed E-state index contributed by atoms with van der Waals surface area (Å²) in [6.45, 7) is -0.234. The summed E-state index contributed by atoms with van der Waals surface area (Å²) in [6, 6.07) is 6.57. The molecule has 0 unspecified atom stereocenters. The number of hydrogen-bond donors (Lipinski definition) is 2. The zero-order valence-corrected chi connectivity index (χ0v) is 13.6. The summed E-state index contributed by atoms with van der Waals surface area (Å²) in [4.78, 5) is 23.1. The number of aromatic nitrogens is 4. The first kappa shape index (κ1) is 17.0. The Hall–Kier alpha value is -2.33. The van der Waals surface area contributed by atoms with Gasteiger partial charge in [-0.1, -0.05) is 23.4 Å². The van der Waals surface area contributed by atoms with Gasteiger partial charge in [0.25, 0.3) is 5.91 Å². The van der Waals surface area contributed by atoms with E-state index in [1.54, 1.807) is 31.3 Å². The van der Waals surface area contributed by atoms with Gasteiger partial charge >= 0.3 is 0 Å². The van der Waals surface area contributed by atoms with Crippen LogP contribution in [0.2, 0.25) is 5.02 Å². The van der Waals surface area contributed by atoms with E-state index in [0.29, 0.717) is 15.9 Å². The second-order valence-corrected chi connectivity index (χ2v) is 5.59. The highest BCUT2D eigenvalue weighted by atomic mass is 35.5. The first-order valence-electron chi connectivity index (χ1n) is 6.36. The fourth-order valence-electron chi connectivity index (χ4n) is 1.36. The molecule has 0 spiro atoms. The van der Waals surface area contributed by atoms with E-state index < -0.39 is 11.8 Å². The predicted molar refractivity (Wildman–Crippen MR) is 82.8 cm³/mol. The van der Waals surface area contributed by atoms with Crippen LogP contribution in [0.15, 0.2) is 29.4 Å². The number of nitrogens with one attached hydrogen (secondary N) is 2. The third-order valence-corrected chi connectivity index (χ3v) is 3.70. The Balaban J connectivity index is 1.64. The van der Waals surface area contributed by atoms with Crippen molar-refractivity contribution < 1.29 is 14.3 Å². The van der Waals surface area contributed by atoms with Crippen molar-refractivity contribution in [2.75, 3.05) is 12.4 Å². The summed E-state index contributed by atoms with van der Waals surface area (Å²) in [5.41, 5.74) is 4.52. The van der Waals surface area contributed by atoms with Gasteiger partial charge in [0.1, 0.15) is 5.75 Å². The lowest BCUT2D eigenvalue weighted by atomic mass is 10.3. The van der Waals surface area contributed by atoms with E-state index in [-0.39, 0.29) is 12.4 Å². The van der Waals surface area contributed by atoms with Gasteiger partial charge in [0.2, 0.25) is 11.1 Å². The molecule has 2 aromatic rings. The largest absolute Gasteiger partial charge is 0.484 e. The van der Waals surface area contributed by atoms with Gasteiger partial charge in [-0.05, 0) is 34.7 Å². The molecule has 1 aromatic heterocycles. The highest BCUT2D eigenvalue weighted by Crippen LogP contribution is 2.15. The van der Waals surface area contributed by atoms with Crippen LogP contribution in [0.4, 0.5) is 0 Å². The lowest BCUT2D eigenvalue weighted by molar-refractivity contribution is -0.128.